The van der Waals surface area contributed by atoms with Gasteiger partial charge in [0.1, 0.15) is 0 Å². The van der Waals surface area contributed by atoms with Gasteiger partial charge in [-0.05, 0) is 48.7 Å². The number of amides is 2. The summed E-state index contributed by atoms with van der Waals surface area (Å²) in [6, 6.07) is 8.05. The number of hydrogen-bond donors (Lipinski definition) is 1. The van der Waals surface area contributed by atoms with Gasteiger partial charge in [-0.1, -0.05) is 39.7 Å². The van der Waals surface area contributed by atoms with Gasteiger partial charge in [0, 0.05) is 47.2 Å². The number of aryl methyl sites for hydroxylation is 1. The van der Waals surface area contributed by atoms with Crippen molar-refractivity contribution in [2.24, 2.45) is 0 Å². The molecular weight excluding hydrogens is 513 g/mol. The number of hydrogen-bond acceptors (Lipinski definition) is 2. The van der Waals surface area contributed by atoms with Gasteiger partial charge in [0.2, 0.25) is 0 Å². The van der Waals surface area contributed by atoms with Crippen LogP contribution in [0.5, 0.6) is 0 Å². The molecule has 1 saturated heterocycles. The first-order chi connectivity index (χ1) is 14.9. The predicted octanol–water partition coefficient (Wildman–Crippen LogP) is 6.04. The standard InChI is InChI=1S/C22H21BrClF3N2O3/c1-12-7-13(3-4-18(12)24)17-11-29(21(31)32)6-5-19(17)28(2)20(30)14-8-15(22(25,26)27)10-16(23)9-14/h3-4,7-10,17,19H,5-6,11H2,1-2H3,(H,31,32). The van der Waals surface area contributed by atoms with E-state index in [1.165, 1.54) is 22.9 Å². The molecule has 172 valence electrons. The van der Waals surface area contributed by atoms with Crippen molar-refractivity contribution < 1.29 is 27.9 Å². The molecular formula is C22H21BrClF3N2O3. The van der Waals surface area contributed by atoms with E-state index in [1.54, 1.807) is 12.1 Å². The minimum absolute atomic E-state index is 0.0964. The molecule has 5 nitrogen and oxygen atoms in total. The highest BCUT2D eigenvalue weighted by molar-refractivity contribution is 9.10. The van der Waals surface area contributed by atoms with Crippen LogP contribution in [0.1, 0.15) is 39.4 Å². The van der Waals surface area contributed by atoms with E-state index in [0.29, 0.717) is 11.4 Å². The molecule has 1 aliphatic heterocycles. The molecule has 2 aromatic rings. The number of halogens is 5. The lowest BCUT2D eigenvalue weighted by Crippen LogP contribution is -2.51. The van der Waals surface area contributed by atoms with Gasteiger partial charge >= 0.3 is 12.3 Å². The summed E-state index contributed by atoms with van der Waals surface area (Å²) >= 11 is 9.18. The van der Waals surface area contributed by atoms with Crippen molar-refractivity contribution in [2.75, 3.05) is 20.1 Å². The van der Waals surface area contributed by atoms with Crippen LogP contribution in [0.3, 0.4) is 0 Å². The minimum Gasteiger partial charge on any atom is -0.465 e. The Hall–Kier alpha value is -2.26. The third-order valence-electron chi connectivity index (χ3n) is 5.75. The van der Waals surface area contributed by atoms with Gasteiger partial charge in [-0.15, -0.1) is 0 Å². The van der Waals surface area contributed by atoms with Crippen LogP contribution in [0.25, 0.3) is 0 Å². The molecule has 1 heterocycles. The molecule has 2 amide bonds. The average molecular weight is 534 g/mol. The predicted molar refractivity (Wildman–Crippen MR) is 118 cm³/mol. The van der Waals surface area contributed by atoms with Crippen LogP contribution in [-0.4, -0.2) is 53.1 Å². The highest BCUT2D eigenvalue weighted by Gasteiger charge is 2.38. The lowest BCUT2D eigenvalue weighted by molar-refractivity contribution is -0.137. The monoisotopic (exact) mass is 532 g/mol. The maximum atomic E-state index is 13.2. The summed E-state index contributed by atoms with van der Waals surface area (Å²) in [6.07, 6.45) is -5.30. The molecule has 3 rings (SSSR count). The molecule has 0 saturated carbocycles. The highest BCUT2D eigenvalue weighted by Crippen LogP contribution is 2.35. The van der Waals surface area contributed by atoms with E-state index < -0.39 is 29.8 Å². The van der Waals surface area contributed by atoms with E-state index in [1.807, 2.05) is 13.0 Å². The molecule has 0 bridgehead atoms. The van der Waals surface area contributed by atoms with Gasteiger partial charge in [0.15, 0.2) is 0 Å². The van der Waals surface area contributed by atoms with E-state index in [0.717, 1.165) is 23.3 Å². The van der Waals surface area contributed by atoms with Gasteiger partial charge in [0.25, 0.3) is 5.91 Å². The fourth-order valence-corrected chi connectivity index (χ4v) is 4.64. The number of benzene rings is 2. The Morgan fingerprint density at radius 2 is 1.91 bits per heavy atom. The number of alkyl halides is 3. The molecule has 2 atom stereocenters. The number of carboxylic acid groups (broad SMARTS) is 1. The van der Waals surface area contributed by atoms with Crippen molar-refractivity contribution in [3.63, 3.8) is 0 Å². The molecule has 0 aliphatic carbocycles. The van der Waals surface area contributed by atoms with Crippen LogP contribution in [0, 0.1) is 6.92 Å². The Bertz CT molecular complexity index is 1050. The second kappa shape index (κ2) is 9.31. The molecule has 0 spiro atoms. The molecule has 0 radical (unpaired) electrons. The molecule has 32 heavy (non-hydrogen) atoms. The molecule has 10 heteroatoms. The van der Waals surface area contributed by atoms with Crippen molar-refractivity contribution in [2.45, 2.75) is 31.5 Å². The summed E-state index contributed by atoms with van der Waals surface area (Å²) in [5, 5.41) is 10.0. The van der Waals surface area contributed by atoms with Crippen molar-refractivity contribution in [3.05, 3.63) is 68.1 Å². The topological polar surface area (TPSA) is 60.9 Å². The fraction of sp³-hybridized carbons (Fsp3) is 0.364. The van der Waals surface area contributed by atoms with E-state index >= 15 is 0 Å². The first-order valence-corrected chi connectivity index (χ1v) is 10.9. The van der Waals surface area contributed by atoms with Crippen molar-refractivity contribution in [1.82, 2.24) is 9.80 Å². The Kier molecular flexibility index (Phi) is 7.09. The number of nitrogens with zero attached hydrogens (tertiary/aromatic N) is 2. The van der Waals surface area contributed by atoms with E-state index in [2.05, 4.69) is 15.9 Å². The van der Waals surface area contributed by atoms with Crippen molar-refractivity contribution in [3.8, 4) is 0 Å². The second-order valence-corrected chi connectivity index (χ2v) is 9.17. The lowest BCUT2D eigenvalue weighted by Gasteiger charge is -2.42. The van der Waals surface area contributed by atoms with Crippen molar-refractivity contribution in [1.29, 1.82) is 0 Å². The number of rotatable bonds is 3. The quantitative estimate of drug-likeness (QED) is 0.523. The summed E-state index contributed by atoms with van der Waals surface area (Å²) in [5.74, 6) is -0.930. The molecule has 2 aromatic carbocycles. The first-order valence-electron chi connectivity index (χ1n) is 9.77. The smallest absolute Gasteiger partial charge is 0.416 e. The molecule has 2 unspecified atom stereocenters. The van der Waals surface area contributed by atoms with Crippen LogP contribution in [0.4, 0.5) is 18.0 Å². The Morgan fingerprint density at radius 3 is 2.50 bits per heavy atom. The number of carbonyl (C=O) groups is 2. The highest BCUT2D eigenvalue weighted by atomic mass is 79.9. The van der Waals surface area contributed by atoms with Gasteiger partial charge < -0.3 is 14.9 Å². The van der Waals surface area contributed by atoms with Crippen LogP contribution in [0.15, 0.2) is 40.9 Å². The SMILES string of the molecule is Cc1cc(C2CN(C(=O)O)CCC2N(C)C(=O)c2cc(Br)cc(C(F)(F)F)c2)ccc1Cl. The zero-order valence-corrected chi connectivity index (χ0v) is 19.6. The van der Waals surface area contributed by atoms with E-state index in [-0.39, 0.29) is 29.0 Å². The number of carbonyl (C=O) groups excluding carboxylic acids is 1. The first kappa shape index (κ1) is 24.4. The number of piperidine rings is 1. The zero-order valence-electron chi connectivity index (χ0n) is 17.3. The summed E-state index contributed by atoms with van der Waals surface area (Å²) in [5.41, 5.74) is 0.606. The van der Waals surface area contributed by atoms with E-state index in [4.69, 9.17) is 11.6 Å². The summed E-state index contributed by atoms with van der Waals surface area (Å²) < 4.78 is 39.8. The van der Waals surface area contributed by atoms with Gasteiger partial charge in [-0.3, -0.25) is 4.79 Å². The third-order valence-corrected chi connectivity index (χ3v) is 6.63. The fourth-order valence-electron chi connectivity index (χ4n) is 4.03. The summed E-state index contributed by atoms with van der Waals surface area (Å²) in [7, 11) is 1.54. The molecule has 1 N–H and O–H groups in total. The van der Waals surface area contributed by atoms with Gasteiger partial charge in [-0.2, -0.15) is 13.2 Å². The van der Waals surface area contributed by atoms with Crippen molar-refractivity contribution >= 4 is 39.5 Å². The third kappa shape index (κ3) is 5.20. The van der Waals surface area contributed by atoms with Crippen LogP contribution < -0.4 is 0 Å². The largest absolute Gasteiger partial charge is 0.465 e. The normalized spacial score (nSPS) is 19.0. The number of likely N-dealkylation sites (tertiary alicyclic amines) is 1. The summed E-state index contributed by atoms with van der Waals surface area (Å²) in [6.45, 7) is 2.20. The lowest BCUT2D eigenvalue weighted by atomic mass is 9.84. The second-order valence-electron chi connectivity index (χ2n) is 7.84. The molecule has 1 fully saturated rings. The Morgan fingerprint density at radius 1 is 1.22 bits per heavy atom. The Balaban J connectivity index is 1.96. The van der Waals surface area contributed by atoms with Gasteiger partial charge in [-0.25, -0.2) is 4.79 Å². The maximum absolute atomic E-state index is 13.2. The Labute approximate surface area is 196 Å². The average Bonchev–Trinajstić information content (AvgIpc) is 2.73. The van der Waals surface area contributed by atoms with Gasteiger partial charge in [0.05, 0.1) is 5.56 Å². The molecule has 1 aliphatic rings. The van der Waals surface area contributed by atoms with E-state index in [9.17, 15) is 27.9 Å². The van der Waals surface area contributed by atoms with Crippen LogP contribution in [0.2, 0.25) is 5.02 Å². The van der Waals surface area contributed by atoms with Crippen LogP contribution >= 0.6 is 27.5 Å². The zero-order chi connectivity index (χ0) is 23.8. The molecule has 0 aromatic heterocycles. The number of likely N-dealkylation sites (N-methyl/N-ethyl adjacent to an activating group) is 1. The van der Waals surface area contributed by atoms with Crippen LogP contribution in [-0.2, 0) is 6.18 Å². The summed E-state index contributed by atoms with van der Waals surface area (Å²) in [4.78, 5) is 27.4. The maximum Gasteiger partial charge on any atom is 0.416 e. The minimum atomic E-state index is -4.59.